The molecule has 1 aromatic rings. The number of rotatable bonds is 10. The number of hydrogen-bond donors (Lipinski definition) is 0. The van der Waals surface area contributed by atoms with Gasteiger partial charge in [-0.3, -0.25) is 0 Å². The van der Waals surface area contributed by atoms with Crippen molar-refractivity contribution in [2.75, 3.05) is 0 Å². The van der Waals surface area contributed by atoms with E-state index >= 15 is 0 Å². The summed E-state index contributed by atoms with van der Waals surface area (Å²) in [6.07, 6.45) is 14.0. The number of imidazole rings is 1. The van der Waals surface area contributed by atoms with Crippen molar-refractivity contribution in [3.05, 3.63) is 15.7 Å². The third-order valence-electron chi connectivity index (χ3n) is 4.32. The minimum atomic E-state index is 0.249. The highest BCUT2D eigenvalue weighted by molar-refractivity contribution is 14.1. The third-order valence-corrected chi connectivity index (χ3v) is 5.08. The van der Waals surface area contributed by atoms with Gasteiger partial charge in [-0.05, 0) is 49.3 Å². The van der Waals surface area contributed by atoms with E-state index in [4.69, 9.17) is 0 Å². The Labute approximate surface area is 138 Å². The summed E-state index contributed by atoms with van der Waals surface area (Å²) in [6.45, 7) is 9.19. The molecule has 3 heteroatoms. The molecule has 1 heterocycles. The number of aromatic nitrogens is 2. The van der Waals surface area contributed by atoms with Crippen LogP contribution in [0.1, 0.15) is 84.3 Å². The Morgan fingerprint density at radius 3 is 2.20 bits per heavy atom. The maximum Gasteiger partial charge on any atom is 0.171 e. The van der Waals surface area contributed by atoms with Crippen molar-refractivity contribution in [1.82, 2.24) is 9.55 Å². The zero-order chi connectivity index (χ0) is 15.0. The molecule has 0 spiro atoms. The van der Waals surface area contributed by atoms with Gasteiger partial charge >= 0.3 is 0 Å². The first-order chi connectivity index (χ1) is 9.55. The van der Waals surface area contributed by atoms with Crippen LogP contribution in [0.25, 0.3) is 0 Å². The van der Waals surface area contributed by atoms with E-state index in [2.05, 4.69) is 59.8 Å². The molecule has 0 aliphatic heterocycles. The molecule has 2 nitrogen and oxygen atoms in total. The van der Waals surface area contributed by atoms with Crippen LogP contribution in [-0.2, 0) is 5.54 Å². The lowest BCUT2D eigenvalue weighted by Gasteiger charge is -2.33. The summed E-state index contributed by atoms with van der Waals surface area (Å²) in [6, 6.07) is 0. The smallest absolute Gasteiger partial charge is 0.171 e. The van der Waals surface area contributed by atoms with Gasteiger partial charge in [-0.25, -0.2) is 4.98 Å². The Bertz CT molecular complexity index is 367. The first kappa shape index (κ1) is 18.0. The van der Waals surface area contributed by atoms with Crippen molar-refractivity contribution in [1.29, 1.82) is 0 Å². The number of aryl methyl sites for hydroxylation is 1. The van der Waals surface area contributed by atoms with Gasteiger partial charge in [-0.1, -0.05) is 58.8 Å². The molecule has 20 heavy (non-hydrogen) atoms. The molecule has 1 rings (SSSR count). The van der Waals surface area contributed by atoms with Gasteiger partial charge in [0.2, 0.25) is 0 Å². The minimum Gasteiger partial charge on any atom is -0.318 e. The quantitative estimate of drug-likeness (QED) is 0.351. The van der Waals surface area contributed by atoms with E-state index in [1.807, 2.05) is 6.20 Å². The van der Waals surface area contributed by atoms with Gasteiger partial charge < -0.3 is 4.57 Å². The van der Waals surface area contributed by atoms with Crippen LogP contribution in [0.4, 0.5) is 0 Å². The second-order valence-electron chi connectivity index (χ2n) is 6.27. The van der Waals surface area contributed by atoms with Crippen LogP contribution in [0.3, 0.4) is 0 Å². The summed E-state index contributed by atoms with van der Waals surface area (Å²) >= 11 is 2.38. The fourth-order valence-electron chi connectivity index (χ4n) is 3.07. The summed E-state index contributed by atoms with van der Waals surface area (Å²) in [4.78, 5) is 4.50. The Morgan fingerprint density at radius 2 is 1.65 bits per heavy atom. The highest BCUT2D eigenvalue weighted by Crippen LogP contribution is 2.32. The molecule has 0 saturated heterocycles. The number of halogens is 1. The molecule has 0 radical (unpaired) electrons. The lowest BCUT2D eigenvalue weighted by molar-refractivity contribution is 0.244. The highest BCUT2D eigenvalue weighted by Gasteiger charge is 2.28. The molecule has 1 unspecified atom stereocenters. The largest absolute Gasteiger partial charge is 0.318 e. The van der Waals surface area contributed by atoms with E-state index < -0.39 is 0 Å². The van der Waals surface area contributed by atoms with Crippen LogP contribution in [0, 0.1) is 10.8 Å². The summed E-state index contributed by atoms with van der Waals surface area (Å²) in [7, 11) is 0. The van der Waals surface area contributed by atoms with Crippen LogP contribution in [-0.4, -0.2) is 9.55 Å². The normalized spacial score (nSPS) is 14.4. The number of nitrogens with zero attached hydrogens (tertiary/aromatic N) is 2. The number of unbranched alkanes of at least 4 members (excludes halogenated alkanes) is 5. The molecule has 0 fully saturated rings. The molecule has 0 aliphatic carbocycles. The average Bonchev–Trinajstić information content (AvgIpc) is 2.76. The maximum atomic E-state index is 4.50. The van der Waals surface area contributed by atoms with Gasteiger partial charge in [0.15, 0.2) is 3.83 Å². The summed E-state index contributed by atoms with van der Waals surface area (Å²) in [5, 5.41) is 0. The van der Waals surface area contributed by atoms with Crippen molar-refractivity contribution >= 4 is 22.6 Å². The second-order valence-corrected chi connectivity index (χ2v) is 7.23. The zero-order valence-corrected chi connectivity index (χ0v) is 15.9. The molecule has 0 saturated carbocycles. The van der Waals surface area contributed by atoms with Crippen molar-refractivity contribution in [2.24, 2.45) is 0 Å². The zero-order valence-electron chi connectivity index (χ0n) is 13.7. The van der Waals surface area contributed by atoms with Crippen LogP contribution in [0.5, 0.6) is 0 Å². The van der Waals surface area contributed by atoms with Gasteiger partial charge in [0, 0.05) is 17.4 Å². The monoisotopic (exact) mass is 390 g/mol. The van der Waals surface area contributed by atoms with Crippen LogP contribution in [0.2, 0.25) is 0 Å². The van der Waals surface area contributed by atoms with Crippen molar-refractivity contribution < 1.29 is 0 Å². The highest BCUT2D eigenvalue weighted by atomic mass is 127. The molecule has 116 valence electrons. The van der Waals surface area contributed by atoms with E-state index in [0.717, 1.165) is 3.83 Å². The summed E-state index contributed by atoms with van der Waals surface area (Å²) in [5.41, 5.74) is 1.56. The first-order valence-corrected chi connectivity index (χ1v) is 9.33. The average molecular weight is 390 g/mol. The maximum absolute atomic E-state index is 4.50. The molecule has 0 amide bonds. The van der Waals surface area contributed by atoms with Crippen molar-refractivity contribution in [3.8, 4) is 0 Å². The minimum absolute atomic E-state index is 0.249. The third kappa shape index (κ3) is 5.05. The van der Waals surface area contributed by atoms with Crippen molar-refractivity contribution in [2.45, 2.75) is 91.0 Å². The fraction of sp³-hybridized carbons (Fsp3) is 0.824. The SMILES string of the molecule is CCCCCCCC(C)(CCCC)n1c(C)cnc1I. The molecular weight excluding hydrogens is 359 g/mol. The first-order valence-electron chi connectivity index (χ1n) is 8.25. The summed E-state index contributed by atoms with van der Waals surface area (Å²) < 4.78 is 3.62. The van der Waals surface area contributed by atoms with Gasteiger partial charge in [0.1, 0.15) is 0 Å². The molecule has 1 atom stereocenters. The Hall–Kier alpha value is -0.0600. The van der Waals surface area contributed by atoms with Gasteiger partial charge in [-0.15, -0.1) is 0 Å². The van der Waals surface area contributed by atoms with E-state index in [-0.39, 0.29) is 5.54 Å². The van der Waals surface area contributed by atoms with Gasteiger partial charge in [0.05, 0.1) is 0 Å². The molecule has 1 aromatic heterocycles. The lowest BCUT2D eigenvalue weighted by Crippen LogP contribution is -2.32. The van der Waals surface area contributed by atoms with Gasteiger partial charge in [0.25, 0.3) is 0 Å². The van der Waals surface area contributed by atoms with E-state index in [9.17, 15) is 0 Å². The lowest BCUT2D eigenvalue weighted by atomic mass is 9.88. The van der Waals surface area contributed by atoms with E-state index in [1.54, 1.807) is 0 Å². The second kappa shape index (κ2) is 9.06. The molecule has 0 aromatic carbocycles. The van der Waals surface area contributed by atoms with Crippen LogP contribution in [0.15, 0.2) is 6.20 Å². The Balaban J connectivity index is 2.71. The topological polar surface area (TPSA) is 17.8 Å². The molecule has 0 N–H and O–H groups in total. The van der Waals surface area contributed by atoms with E-state index in [0.29, 0.717) is 0 Å². The predicted octanol–water partition coefficient (Wildman–Crippen LogP) is 6.06. The Kier molecular flexibility index (Phi) is 8.15. The number of hydrogen-bond acceptors (Lipinski definition) is 1. The molecule has 0 aliphatic rings. The summed E-state index contributed by atoms with van der Waals surface area (Å²) in [5.74, 6) is 0. The molecular formula is C17H31IN2. The Morgan fingerprint density at radius 1 is 1.05 bits per heavy atom. The fourth-order valence-corrected chi connectivity index (χ4v) is 4.17. The van der Waals surface area contributed by atoms with Crippen LogP contribution < -0.4 is 0 Å². The van der Waals surface area contributed by atoms with Gasteiger partial charge in [-0.2, -0.15) is 0 Å². The van der Waals surface area contributed by atoms with E-state index in [1.165, 1.54) is 63.5 Å². The van der Waals surface area contributed by atoms with Crippen molar-refractivity contribution in [3.63, 3.8) is 0 Å². The predicted molar refractivity (Wildman–Crippen MR) is 96.2 cm³/mol. The van der Waals surface area contributed by atoms with Crippen LogP contribution >= 0.6 is 22.6 Å². The molecule has 0 bridgehead atoms. The standard InChI is InChI=1S/C17H31IN2/c1-5-7-9-10-11-13-17(4,12-8-6-2)20-15(3)14-19-16(20)18/h14H,5-13H2,1-4H3.